The molecule has 0 aliphatic carbocycles. The van der Waals surface area contributed by atoms with E-state index >= 15 is 0 Å². The van der Waals surface area contributed by atoms with Gasteiger partial charge in [0.05, 0.1) is 5.69 Å². The first-order valence-corrected chi connectivity index (χ1v) is 8.15. The van der Waals surface area contributed by atoms with Crippen molar-refractivity contribution in [1.82, 2.24) is 4.90 Å². The van der Waals surface area contributed by atoms with Crippen LogP contribution < -0.4 is 19.5 Å². The van der Waals surface area contributed by atoms with Crippen LogP contribution in [0.5, 0.6) is 17.2 Å². The number of amides is 2. The van der Waals surface area contributed by atoms with Crippen molar-refractivity contribution in [3.63, 3.8) is 0 Å². The number of rotatable bonds is 5. The molecule has 0 saturated heterocycles. The maximum Gasteiger partial charge on any atom is 0.573 e. The Morgan fingerprint density at radius 3 is 2.67 bits per heavy atom. The summed E-state index contributed by atoms with van der Waals surface area (Å²) in [4.78, 5) is 14.0. The summed E-state index contributed by atoms with van der Waals surface area (Å²) in [5.74, 6) is 0.745. The molecular formula is C18H17F3N2O4. The van der Waals surface area contributed by atoms with Gasteiger partial charge < -0.3 is 24.4 Å². The molecule has 1 aliphatic rings. The van der Waals surface area contributed by atoms with Crippen molar-refractivity contribution in [2.24, 2.45) is 0 Å². The van der Waals surface area contributed by atoms with Crippen LogP contribution in [0.3, 0.4) is 0 Å². The van der Waals surface area contributed by atoms with Gasteiger partial charge in [-0.15, -0.1) is 13.2 Å². The van der Waals surface area contributed by atoms with Gasteiger partial charge in [-0.05, 0) is 36.8 Å². The van der Waals surface area contributed by atoms with Gasteiger partial charge in [0.25, 0.3) is 0 Å². The predicted molar refractivity (Wildman–Crippen MR) is 90.8 cm³/mol. The Bertz CT molecular complexity index is 826. The molecular weight excluding hydrogens is 365 g/mol. The number of para-hydroxylation sites is 2. The Hall–Kier alpha value is -3.10. The van der Waals surface area contributed by atoms with E-state index in [0.29, 0.717) is 18.0 Å². The van der Waals surface area contributed by atoms with Crippen molar-refractivity contribution < 1.29 is 32.2 Å². The van der Waals surface area contributed by atoms with Crippen molar-refractivity contribution in [1.29, 1.82) is 0 Å². The minimum Gasteiger partial charge on any atom is -0.454 e. The Labute approximate surface area is 153 Å². The SMILES string of the molecule is CCN(Cc1ccc2c(c1)OCO2)C(=O)Nc1ccccc1OC(F)(F)F. The maximum atomic E-state index is 12.5. The molecule has 2 amide bonds. The predicted octanol–water partition coefficient (Wildman–Crippen LogP) is 4.37. The minimum atomic E-state index is -4.85. The van der Waals surface area contributed by atoms with Gasteiger partial charge in [0, 0.05) is 13.1 Å². The van der Waals surface area contributed by atoms with Crippen molar-refractivity contribution in [3.8, 4) is 17.2 Å². The lowest BCUT2D eigenvalue weighted by Crippen LogP contribution is -2.34. The van der Waals surface area contributed by atoms with Crippen molar-refractivity contribution in [2.45, 2.75) is 19.8 Å². The average molecular weight is 382 g/mol. The van der Waals surface area contributed by atoms with Crippen LogP contribution >= 0.6 is 0 Å². The van der Waals surface area contributed by atoms with Gasteiger partial charge in [0.2, 0.25) is 6.79 Å². The largest absolute Gasteiger partial charge is 0.573 e. The number of fused-ring (bicyclic) bond motifs is 1. The molecule has 6 nitrogen and oxygen atoms in total. The maximum absolute atomic E-state index is 12.5. The lowest BCUT2D eigenvalue weighted by Gasteiger charge is -2.22. The molecule has 0 fully saturated rings. The highest BCUT2D eigenvalue weighted by molar-refractivity contribution is 5.91. The summed E-state index contributed by atoms with van der Waals surface area (Å²) in [6, 6.07) is 10.1. The number of nitrogens with zero attached hydrogens (tertiary/aromatic N) is 1. The van der Waals surface area contributed by atoms with Gasteiger partial charge in [-0.1, -0.05) is 18.2 Å². The summed E-state index contributed by atoms with van der Waals surface area (Å²) in [7, 11) is 0. The standard InChI is InChI=1S/C18H17F3N2O4/c1-2-23(10-12-7-8-15-16(9-12)26-11-25-15)17(24)22-13-5-3-4-6-14(13)27-18(19,20)21/h3-9H,2,10-11H2,1H3,(H,22,24). The fraction of sp³-hybridized carbons (Fsp3) is 0.278. The summed E-state index contributed by atoms with van der Waals surface area (Å²) in [5, 5.41) is 2.46. The summed E-state index contributed by atoms with van der Waals surface area (Å²) in [5.41, 5.74) is 0.736. The number of hydrogen-bond acceptors (Lipinski definition) is 4. The molecule has 9 heteroatoms. The summed E-state index contributed by atoms with van der Waals surface area (Å²) < 4.78 is 52.0. The summed E-state index contributed by atoms with van der Waals surface area (Å²) in [6.07, 6.45) is -4.85. The molecule has 2 aromatic carbocycles. The number of carbonyl (C=O) groups excluding carboxylic acids is 1. The third-order valence-corrected chi connectivity index (χ3v) is 3.83. The number of carbonyl (C=O) groups is 1. The molecule has 0 unspecified atom stereocenters. The molecule has 0 aromatic heterocycles. The molecule has 0 spiro atoms. The third kappa shape index (κ3) is 4.75. The fourth-order valence-corrected chi connectivity index (χ4v) is 2.56. The van der Waals surface area contributed by atoms with Crippen LogP contribution in [0, 0.1) is 0 Å². The Balaban J connectivity index is 1.71. The second-order valence-corrected chi connectivity index (χ2v) is 5.68. The van der Waals surface area contributed by atoms with E-state index in [4.69, 9.17) is 9.47 Å². The molecule has 144 valence electrons. The van der Waals surface area contributed by atoms with Gasteiger partial charge in [0.15, 0.2) is 17.2 Å². The molecule has 1 aliphatic heterocycles. The Morgan fingerprint density at radius 1 is 1.19 bits per heavy atom. The minimum absolute atomic E-state index is 0.0658. The van der Waals surface area contributed by atoms with Crippen LogP contribution in [-0.2, 0) is 6.54 Å². The molecule has 0 bridgehead atoms. The van der Waals surface area contributed by atoms with Gasteiger partial charge in [-0.2, -0.15) is 0 Å². The number of halogens is 3. The van der Waals surface area contributed by atoms with E-state index in [1.807, 2.05) is 0 Å². The lowest BCUT2D eigenvalue weighted by atomic mass is 10.2. The van der Waals surface area contributed by atoms with E-state index in [2.05, 4.69) is 10.1 Å². The molecule has 0 saturated carbocycles. The number of ether oxygens (including phenoxy) is 3. The van der Waals surface area contributed by atoms with Gasteiger partial charge in [-0.25, -0.2) is 4.79 Å². The highest BCUT2D eigenvalue weighted by Crippen LogP contribution is 2.33. The zero-order valence-electron chi connectivity index (χ0n) is 14.4. The Kier molecular flexibility index (Phi) is 5.29. The van der Waals surface area contributed by atoms with Gasteiger partial charge in [-0.3, -0.25) is 0 Å². The number of hydrogen-bond donors (Lipinski definition) is 1. The first-order chi connectivity index (χ1) is 12.9. The second-order valence-electron chi connectivity index (χ2n) is 5.68. The molecule has 3 rings (SSSR count). The first-order valence-electron chi connectivity index (χ1n) is 8.15. The molecule has 27 heavy (non-hydrogen) atoms. The summed E-state index contributed by atoms with van der Waals surface area (Å²) >= 11 is 0. The van der Waals surface area contributed by atoms with Gasteiger partial charge in [0.1, 0.15) is 0 Å². The quantitative estimate of drug-likeness (QED) is 0.834. The van der Waals surface area contributed by atoms with E-state index in [1.165, 1.54) is 23.1 Å². The van der Waals surface area contributed by atoms with Gasteiger partial charge >= 0.3 is 12.4 Å². The van der Waals surface area contributed by atoms with Crippen LogP contribution in [0.1, 0.15) is 12.5 Å². The van der Waals surface area contributed by atoms with E-state index in [1.54, 1.807) is 25.1 Å². The summed E-state index contributed by atoms with van der Waals surface area (Å²) in [6.45, 7) is 2.52. The van der Waals surface area contributed by atoms with Crippen LogP contribution in [0.4, 0.5) is 23.7 Å². The first kappa shape index (κ1) is 18.7. The fourth-order valence-electron chi connectivity index (χ4n) is 2.56. The Morgan fingerprint density at radius 2 is 1.93 bits per heavy atom. The third-order valence-electron chi connectivity index (χ3n) is 3.83. The van der Waals surface area contributed by atoms with Crippen LogP contribution in [0.15, 0.2) is 42.5 Å². The average Bonchev–Trinajstić information content (AvgIpc) is 3.07. The zero-order chi connectivity index (χ0) is 19.4. The van der Waals surface area contributed by atoms with Crippen molar-refractivity contribution in [2.75, 3.05) is 18.7 Å². The number of nitrogens with one attached hydrogen (secondary N) is 1. The van der Waals surface area contributed by atoms with Crippen LogP contribution in [-0.4, -0.2) is 30.6 Å². The number of alkyl halides is 3. The second kappa shape index (κ2) is 7.65. The number of benzene rings is 2. The molecule has 1 N–H and O–H groups in total. The molecule has 2 aromatic rings. The molecule has 0 radical (unpaired) electrons. The molecule has 1 heterocycles. The van der Waals surface area contributed by atoms with Crippen LogP contribution in [0.2, 0.25) is 0 Å². The number of anilines is 1. The zero-order valence-corrected chi connectivity index (χ0v) is 14.4. The lowest BCUT2D eigenvalue weighted by molar-refractivity contribution is -0.274. The van der Waals surface area contributed by atoms with E-state index in [9.17, 15) is 18.0 Å². The van der Waals surface area contributed by atoms with Crippen LogP contribution in [0.25, 0.3) is 0 Å². The normalized spacial score (nSPS) is 12.6. The van der Waals surface area contributed by atoms with E-state index in [0.717, 1.165) is 11.6 Å². The smallest absolute Gasteiger partial charge is 0.454 e. The van der Waals surface area contributed by atoms with Crippen molar-refractivity contribution in [3.05, 3.63) is 48.0 Å². The van der Waals surface area contributed by atoms with E-state index < -0.39 is 18.1 Å². The highest BCUT2D eigenvalue weighted by atomic mass is 19.4. The monoisotopic (exact) mass is 382 g/mol. The molecule has 0 atom stereocenters. The number of urea groups is 1. The highest BCUT2D eigenvalue weighted by Gasteiger charge is 2.32. The van der Waals surface area contributed by atoms with Crippen molar-refractivity contribution >= 4 is 11.7 Å². The van der Waals surface area contributed by atoms with E-state index in [-0.39, 0.29) is 19.0 Å². The topological polar surface area (TPSA) is 60.0 Å².